The van der Waals surface area contributed by atoms with Gasteiger partial charge in [0.15, 0.2) is 5.96 Å². The molecular formula is C21H34N6O4. The Morgan fingerprint density at radius 1 is 1.13 bits per heavy atom. The number of hydrogen-bond acceptors (Lipinski definition) is 6. The van der Waals surface area contributed by atoms with Crippen LogP contribution in [0.2, 0.25) is 0 Å². The molecule has 3 atom stereocenters. The van der Waals surface area contributed by atoms with Crippen LogP contribution in [-0.2, 0) is 20.8 Å². The van der Waals surface area contributed by atoms with Crippen molar-refractivity contribution < 1.29 is 19.5 Å². The Balaban J connectivity index is 2.37. The number of aliphatic hydroxyl groups excluding tert-OH is 1. The minimum absolute atomic E-state index is 0.0323. The lowest BCUT2D eigenvalue weighted by Gasteiger charge is -2.21. The van der Waals surface area contributed by atoms with Gasteiger partial charge in [-0.1, -0.05) is 30.3 Å². The predicted octanol–water partition coefficient (Wildman–Crippen LogP) is -1.19. The molecule has 0 aliphatic carbocycles. The molecule has 0 heterocycles. The Hall–Kier alpha value is -2.98. The third-order valence-corrected chi connectivity index (χ3v) is 4.59. The average molecular weight is 435 g/mol. The summed E-state index contributed by atoms with van der Waals surface area (Å²) in [5, 5.41) is 17.6. The summed E-state index contributed by atoms with van der Waals surface area (Å²) in [7, 11) is 0. The van der Waals surface area contributed by atoms with Gasteiger partial charge in [-0.2, -0.15) is 0 Å². The van der Waals surface area contributed by atoms with Gasteiger partial charge in [0, 0.05) is 6.54 Å². The van der Waals surface area contributed by atoms with E-state index >= 15 is 0 Å². The Labute approximate surface area is 182 Å². The molecule has 10 heteroatoms. The van der Waals surface area contributed by atoms with Gasteiger partial charge >= 0.3 is 0 Å². The number of rotatable bonds is 15. The van der Waals surface area contributed by atoms with Crippen LogP contribution in [0.3, 0.4) is 0 Å². The number of hydrogen-bond donors (Lipinski definition) is 6. The van der Waals surface area contributed by atoms with Gasteiger partial charge in [-0.05, 0) is 44.7 Å². The van der Waals surface area contributed by atoms with Gasteiger partial charge in [-0.15, -0.1) is 0 Å². The smallest absolute Gasteiger partial charge is 0.242 e. The molecule has 2 amide bonds. The van der Waals surface area contributed by atoms with Crippen LogP contribution < -0.4 is 27.4 Å². The highest BCUT2D eigenvalue weighted by atomic mass is 16.3. The number of amides is 2. The zero-order valence-electron chi connectivity index (χ0n) is 17.9. The Morgan fingerprint density at radius 2 is 1.84 bits per heavy atom. The summed E-state index contributed by atoms with van der Waals surface area (Å²) in [4.78, 5) is 39.6. The van der Waals surface area contributed by atoms with Crippen molar-refractivity contribution in [2.75, 3.05) is 19.7 Å². The average Bonchev–Trinajstić information content (AvgIpc) is 2.76. The lowest BCUT2D eigenvalue weighted by atomic mass is 10.1. The zero-order valence-corrected chi connectivity index (χ0v) is 17.9. The van der Waals surface area contributed by atoms with E-state index in [1.54, 1.807) is 0 Å². The second kappa shape index (κ2) is 14.9. The first-order valence-electron chi connectivity index (χ1n) is 10.4. The van der Waals surface area contributed by atoms with Crippen molar-refractivity contribution in [1.29, 1.82) is 0 Å². The Bertz CT molecular complexity index is 709. The largest absolute Gasteiger partial charge is 0.394 e. The molecule has 31 heavy (non-hydrogen) atoms. The second-order valence-electron chi connectivity index (χ2n) is 7.21. The summed E-state index contributed by atoms with van der Waals surface area (Å²) >= 11 is 0. The Kier molecular flexibility index (Phi) is 12.5. The molecule has 0 aliphatic rings. The minimum atomic E-state index is -0.868. The third kappa shape index (κ3) is 11.1. The van der Waals surface area contributed by atoms with E-state index in [2.05, 4.69) is 20.9 Å². The number of guanidine groups is 1. The highest BCUT2D eigenvalue weighted by Crippen LogP contribution is 2.02. The number of aryl methyl sites for hydroxylation is 1. The predicted molar refractivity (Wildman–Crippen MR) is 119 cm³/mol. The van der Waals surface area contributed by atoms with Crippen LogP contribution >= 0.6 is 0 Å². The minimum Gasteiger partial charge on any atom is -0.394 e. The third-order valence-electron chi connectivity index (χ3n) is 4.59. The van der Waals surface area contributed by atoms with E-state index in [4.69, 9.17) is 11.5 Å². The SMILES string of the molecule is CC(NC(=O)[C@@H](CO)NCCCc1ccccc1)C(=O)NC(C=O)CCCN=C(N)N. The van der Waals surface area contributed by atoms with E-state index in [0.29, 0.717) is 32.2 Å². The van der Waals surface area contributed by atoms with Gasteiger partial charge < -0.3 is 37.3 Å². The van der Waals surface area contributed by atoms with Crippen LogP contribution in [0, 0.1) is 0 Å². The number of nitrogens with two attached hydrogens (primary N) is 2. The highest BCUT2D eigenvalue weighted by molar-refractivity contribution is 5.90. The van der Waals surface area contributed by atoms with Gasteiger partial charge in [0.25, 0.3) is 0 Å². The van der Waals surface area contributed by atoms with Crippen molar-refractivity contribution >= 4 is 24.1 Å². The molecule has 10 nitrogen and oxygen atoms in total. The van der Waals surface area contributed by atoms with Gasteiger partial charge in [0.2, 0.25) is 11.8 Å². The first-order chi connectivity index (χ1) is 14.9. The van der Waals surface area contributed by atoms with Crippen LogP contribution in [0.25, 0.3) is 0 Å². The molecule has 0 radical (unpaired) electrons. The number of nitrogens with one attached hydrogen (secondary N) is 3. The van der Waals surface area contributed by atoms with Crippen LogP contribution in [0.5, 0.6) is 0 Å². The van der Waals surface area contributed by atoms with Crippen molar-refractivity contribution in [3.05, 3.63) is 35.9 Å². The Morgan fingerprint density at radius 3 is 2.45 bits per heavy atom. The second-order valence-corrected chi connectivity index (χ2v) is 7.21. The van der Waals surface area contributed by atoms with Crippen molar-refractivity contribution in [3.63, 3.8) is 0 Å². The van der Waals surface area contributed by atoms with Gasteiger partial charge in [-0.25, -0.2) is 0 Å². The summed E-state index contributed by atoms with van der Waals surface area (Å²) in [6, 6.07) is 7.56. The monoisotopic (exact) mass is 434 g/mol. The zero-order chi connectivity index (χ0) is 23.1. The first-order valence-corrected chi connectivity index (χ1v) is 10.4. The quantitative estimate of drug-likeness (QED) is 0.0871. The molecular weight excluding hydrogens is 400 g/mol. The van der Waals surface area contributed by atoms with Crippen LogP contribution in [-0.4, -0.2) is 67.0 Å². The normalized spacial score (nSPS) is 13.5. The maximum Gasteiger partial charge on any atom is 0.242 e. The van der Waals surface area contributed by atoms with E-state index in [-0.39, 0.29) is 5.96 Å². The molecule has 1 rings (SSSR count). The van der Waals surface area contributed by atoms with Crippen LogP contribution in [0.4, 0.5) is 0 Å². The lowest BCUT2D eigenvalue weighted by molar-refractivity contribution is -0.131. The molecule has 0 aromatic heterocycles. The fraction of sp³-hybridized carbons (Fsp3) is 0.524. The van der Waals surface area contributed by atoms with E-state index in [9.17, 15) is 19.5 Å². The van der Waals surface area contributed by atoms with Gasteiger partial charge in [0.05, 0.1) is 12.6 Å². The first kappa shape index (κ1) is 26.1. The molecule has 0 bridgehead atoms. The van der Waals surface area contributed by atoms with Gasteiger partial charge in [-0.3, -0.25) is 14.6 Å². The lowest BCUT2D eigenvalue weighted by Crippen LogP contribution is -2.54. The molecule has 1 aromatic rings. The summed E-state index contributed by atoms with van der Waals surface area (Å²) < 4.78 is 0. The van der Waals surface area contributed by atoms with E-state index in [1.807, 2.05) is 30.3 Å². The maximum atomic E-state index is 12.4. The van der Waals surface area contributed by atoms with E-state index < -0.39 is 36.5 Å². The maximum absolute atomic E-state index is 12.4. The summed E-state index contributed by atoms with van der Waals surface area (Å²) in [5.41, 5.74) is 11.7. The number of carbonyl (C=O) groups excluding carboxylic acids is 3. The summed E-state index contributed by atoms with van der Waals surface area (Å²) in [6.07, 6.45) is 3.16. The topological polar surface area (TPSA) is 172 Å². The molecule has 172 valence electrons. The standard InChI is InChI=1S/C21H34N6O4/c1-15(19(30)27-17(13-28)10-6-12-25-21(22)23)26-20(31)18(14-29)24-11-5-9-16-7-3-2-4-8-16/h2-4,7-8,13,15,17-18,24,29H,5-6,9-12,14H2,1H3,(H,26,31)(H,27,30)(H4,22,23,25)/t15?,17?,18-/m1/s1. The number of benzene rings is 1. The summed E-state index contributed by atoms with van der Waals surface area (Å²) in [6.45, 7) is 2.01. The molecule has 0 spiro atoms. The number of aldehydes is 1. The molecule has 0 saturated heterocycles. The summed E-state index contributed by atoms with van der Waals surface area (Å²) in [5.74, 6) is -1.01. The number of aliphatic hydroxyl groups is 1. The molecule has 0 fully saturated rings. The molecule has 8 N–H and O–H groups in total. The molecule has 1 aromatic carbocycles. The molecule has 0 aliphatic heterocycles. The van der Waals surface area contributed by atoms with Gasteiger partial charge in [0.1, 0.15) is 18.4 Å². The molecule has 2 unspecified atom stereocenters. The van der Waals surface area contributed by atoms with Crippen LogP contribution in [0.1, 0.15) is 31.7 Å². The molecule has 0 saturated carbocycles. The van der Waals surface area contributed by atoms with Crippen LogP contribution in [0.15, 0.2) is 35.3 Å². The number of carbonyl (C=O) groups is 3. The number of aliphatic imine (C=N–C) groups is 1. The van der Waals surface area contributed by atoms with Crippen molar-refractivity contribution in [3.8, 4) is 0 Å². The fourth-order valence-corrected chi connectivity index (χ4v) is 2.83. The van der Waals surface area contributed by atoms with Crippen molar-refractivity contribution in [2.24, 2.45) is 16.5 Å². The number of nitrogens with zero attached hydrogens (tertiary/aromatic N) is 1. The highest BCUT2D eigenvalue weighted by Gasteiger charge is 2.23. The van der Waals surface area contributed by atoms with E-state index in [1.165, 1.54) is 12.5 Å². The van der Waals surface area contributed by atoms with E-state index in [0.717, 1.165) is 12.8 Å². The fourth-order valence-electron chi connectivity index (χ4n) is 2.83. The van der Waals surface area contributed by atoms with Crippen molar-refractivity contribution in [2.45, 2.75) is 50.7 Å². The van der Waals surface area contributed by atoms with Crippen molar-refractivity contribution in [1.82, 2.24) is 16.0 Å².